The van der Waals surface area contributed by atoms with Crippen molar-refractivity contribution >= 4 is 23.5 Å². The van der Waals surface area contributed by atoms with E-state index in [1.54, 1.807) is 0 Å². The third-order valence-corrected chi connectivity index (χ3v) is 7.13. The zero-order valence-electron chi connectivity index (χ0n) is 15.8. The molecule has 2 fully saturated rings. The second kappa shape index (κ2) is 7.64. The molecule has 4 N–H and O–H groups in total. The van der Waals surface area contributed by atoms with Gasteiger partial charge in [0.05, 0.1) is 4.90 Å². The van der Waals surface area contributed by atoms with Crippen molar-refractivity contribution in [1.82, 2.24) is 15.0 Å². The Morgan fingerprint density at radius 1 is 1.14 bits per heavy atom. The van der Waals surface area contributed by atoms with Crippen LogP contribution in [0.2, 0.25) is 0 Å². The van der Waals surface area contributed by atoms with E-state index in [1.165, 1.54) is 31.2 Å². The summed E-state index contributed by atoms with van der Waals surface area (Å²) in [4.78, 5) is 14.6. The predicted molar refractivity (Wildman–Crippen MR) is 106 cm³/mol. The summed E-state index contributed by atoms with van der Waals surface area (Å²) >= 11 is 0.871. The number of hydrogen-bond acceptors (Lipinski definition) is 7. The Morgan fingerprint density at radius 2 is 1.90 bits per heavy atom. The predicted octanol–water partition coefficient (Wildman–Crippen LogP) is 3.72. The van der Waals surface area contributed by atoms with Gasteiger partial charge in [0.1, 0.15) is 5.82 Å². The van der Waals surface area contributed by atoms with Crippen molar-refractivity contribution in [2.75, 3.05) is 23.7 Å². The van der Waals surface area contributed by atoms with E-state index in [2.05, 4.69) is 19.9 Å². The fraction of sp³-hybridized carbons (Fsp3) is 0.526. The summed E-state index contributed by atoms with van der Waals surface area (Å²) in [5.41, 5.74) is 11.7. The van der Waals surface area contributed by atoms with E-state index < -0.39 is 11.9 Å². The summed E-state index contributed by atoms with van der Waals surface area (Å²) in [6, 6.07) is 3.08. The summed E-state index contributed by atoms with van der Waals surface area (Å²) in [5.74, 6) is 0.672. The molecule has 4 rings (SSSR count). The molecular weight excluding hydrogens is 401 g/mol. The number of alkyl halides is 3. The molecule has 3 heterocycles. The second-order valence-corrected chi connectivity index (χ2v) is 8.80. The van der Waals surface area contributed by atoms with Crippen molar-refractivity contribution in [3.05, 3.63) is 30.2 Å². The molecule has 0 amide bonds. The molecule has 1 atom stereocenters. The van der Waals surface area contributed by atoms with Crippen molar-refractivity contribution in [3.63, 3.8) is 0 Å². The van der Waals surface area contributed by atoms with Crippen molar-refractivity contribution in [3.8, 4) is 0 Å². The summed E-state index contributed by atoms with van der Waals surface area (Å²) in [5, 5.41) is 0. The van der Waals surface area contributed by atoms with Crippen LogP contribution in [-0.2, 0) is 6.18 Å². The first-order valence-electron chi connectivity index (χ1n) is 9.62. The zero-order valence-corrected chi connectivity index (χ0v) is 16.6. The van der Waals surface area contributed by atoms with Crippen LogP contribution in [-0.4, -0.2) is 34.1 Å². The van der Waals surface area contributed by atoms with E-state index in [1.807, 2.05) is 0 Å². The van der Waals surface area contributed by atoms with Crippen molar-refractivity contribution in [2.24, 2.45) is 11.1 Å². The molecule has 1 saturated heterocycles. The molecule has 6 nitrogen and oxygen atoms in total. The number of nitrogens with zero attached hydrogens (tertiary/aromatic N) is 4. The lowest BCUT2D eigenvalue weighted by molar-refractivity contribution is -0.143. The fourth-order valence-electron chi connectivity index (χ4n) is 4.35. The third kappa shape index (κ3) is 4.00. The van der Waals surface area contributed by atoms with Crippen molar-refractivity contribution in [2.45, 2.75) is 54.1 Å². The van der Waals surface area contributed by atoms with Gasteiger partial charge in [0.15, 0.2) is 5.69 Å². The molecule has 0 unspecified atom stereocenters. The first-order valence-corrected chi connectivity index (χ1v) is 10.4. The number of halogens is 3. The molecule has 1 aliphatic heterocycles. The molecule has 2 aromatic rings. The lowest BCUT2D eigenvalue weighted by atomic mass is 9.74. The average Bonchev–Trinajstić information content (AvgIpc) is 3.03. The van der Waals surface area contributed by atoms with Gasteiger partial charge in [-0.05, 0) is 43.2 Å². The van der Waals surface area contributed by atoms with Gasteiger partial charge in [-0.1, -0.05) is 18.2 Å². The minimum atomic E-state index is -4.54. The Hall–Kier alpha value is -2.07. The van der Waals surface area contributed by atoms with Crippen LogP contribution in [0.3, 0.4) is 0 Å². The second-order valence-electron chi connectivity index (χ2n) is 7.72. The molecule has 0 radical (unpaired) electrons. The summed E-state index contributed by atoms with van der Waals surface area (Å²) in [7, 11) is 0. The van der Waals surface area contributed by atoms with E-state index in [9.17, 15) is 13.2 Å². The highest BCUT2D eigenvalue weighted by molar-refractivity contribution is 7.99. The van der Waals surface area contributed by atoms with Gasteiger partial charge < -0.3 is 16.4 Å². The number of aromatic nitrogens is 3. The summed E-state index contributed by atoms with van der Waals surface area (Å²) in [6.45, 7) is 1.61. The van der Waals surface area contributed by atoms with Crippen LogP contribution in [0.15, 0.2) is 34.3 Å². The molecule has 1 aliphatic carbocycles. The van der Waals surface area contributed by atoms with Crippen LogP contribution in [0.25, 0.3) is 0 Å². The minimum Gasteiger partial charge on any atom is -0.383 e. The van der Waals surface area contributed by atoms with Gasteiger partial charge >= 0.3 is 6.18 Å². The quantitative estimate of drug-likeness (QED) is 0.775. The Kier molecular flexibility index (Phi) is 5.32. The van der Waals surface area contributed by atoms with Crippen LogP contribution >= 0.6 is 11.8 Å². The molecule has 156 valence electrons. The number of anilines is 2. The van der Waals surface area contributed by atoms with Crippen LogP contribution in [0.1, 0.15) is 37.8 Å². The molecule has 0 aromatic carbocycles. The number of hydrogen-bond donors (Lipinski definition) is 2. The summed E-state index contributed by atoms with van der Waals surface area (Å²) in [6.07, 6.45) is 3.51. The maximum Gasteiger partial charge on any atom is 0.434 e. The largest absolute Gasteiger partial charge is 0.434 e. The van der Waals surface area contributed by atoms with Gasteiger partial charge in [-0.2, -0.15) is 18.2 Å². The van der Waals surface area contributed by atoms with E-state index >= 15 is 0 Å². The Morgan fingerprint density at radius 3 is 2.52 bits per heavy atom. The van der Waals surface area contributed by atoms with Gasteiger partial charge in [-0.3, -0.25) is 4.98 Å². The van der Waals surface area contributed by atoms with E-state index in [0.717, 1.165) is 50.3 Å². The van der Waals surface area contributed by atoms with Crippen LogP contribution in [0.4, 0.5) is 24.9 Å². The van der Waals surface area contributed by atoms with E-state index in [4.69, 9.17) is 11.5 Å². The summed E-state index contributed by atoms with van der Waals surface area (Å²) < 4.78 is 39.5. The normalized spacial score (nSPS) is 21.7. The maximum atomic E-state index is 13.2. The number of piperidine rings is 1. The molecule has 2 aromatic heterocycles. The molecule has 1 spiro atoms. The first kappa shape index (κ1) is 20.2. The lowest BCUT2D eigenvalue weighted by Gasteiger charge is -2.42. The minimum absolute atomic E-state index is 0.0295. The first-order chi connectivity index (χ1) is 13.8. The Bertz CT molecular complexity index is 882. The fourth-order valence-corrected chi connectivity index (χ4v) is 5.25. The van der Waals surface area contributed by atoms with E-state index in [-0.39, 0.29) is 22.2 Å². The van der Waals surface area contributed by atoms with Crippen molar-refractivity contribution in [1.29, 1.82) is 0 Å². The molecular formula is C19H23F3N6S. The van der Waals surface area contributed by atoms with Gasteiger partial charge in [-0.15, -0.1) is 0 Å². The molecule has 0 bridgehead atoms. The molecule has 2 aliphatic rings. The van der Waals surface area contributed by atoms with Gasteiger partial charge in [0.25, 0.3) is 0 Å². The molecule has 29 heavy (non-hydrogen) atoms. The van der Waals surface area contributed by atoms with Crippen LogP contribution < -0.4 is 16.4 Å². The Labute approximate surface area is 171 Å². The van der Waals surface area contributed by atoms with Gasteiger partial charge in [-0.25, -0.2) is 4.98 Å². The third-order valence-electron chi connectivity index (χ3n) is 6.05. The number of pyridine rings is 1. The monoisotopic (exact) mass is 424 g/mol. The number of nitrogens with two attached hydrogens (primary N) is 2. The van der Waals surface area contributed by atoms with Gasteiger partial charge in [0, 0.05) is 36.4 Å². The zero-order chi connectivity index (χ0) is 20.6. The van der Waals surface area contributed by atoms with Gasteiger partial charge in [0.2, 0.25) is 5.95 Å². The highest BCUT2D eigenvalue weighted by Gasteiger charge is 2.43. The smallest absolute Gasteiger partial charge is 0.383 e. The maximum absolute atomic E-state index is 13.2. The SMILES string of the molecule is Nc1nc(N2CCC3(CCC[C@H]3N)CC2)ncc1Sc1cccnc1C(F)(F)F. The molecule has 1 saturated carbocycles. The topological polar surface area (TPSA) is 94.0 Å². The lowest BCUT2D eigenvalue weighted by Crippen LogP contribution is -2.47. The number of nitrogen functional groups attached to an aromatic ring is 1. The average molecular weight is 424 g/mol. The van der Waals surface area contributed by atoms with Crippen molar-refractivity contribution < 1.29 is 13.2 Å². The van der Waals surface area contributed by atoms with E-state index in [0.29, 0.717) is 10.8 Å². The number of rotatable bonds is 3. The van der Waals surface area contributed by atoms with Crippen LogP contribution in [0, 0.1) is 5.41 Å². The standard InChI is InChI=1S/C19H23F3N6S/c20-19(21,22)15-12(3-2-8-25-15)29-13-11-26-17(27-16(13)24)28-9-6-18(7-10-28)5-1-4-14(18)23/h2-3,8,11,14H,1,4-7,9-10,23H2,(H2,24,26,27)/t14-/m1/s1. The highest BCUT2D eigenvalue weighted by atomic mass is 32.2. The van der Waals surface area contributed by atoms with Crippen LogP contribution in [0.5, 0.6) is 0 Å². The molecule has 10 heteroatoms. The Balaban J connectivity index is 1.48. The highest BCUT2D eigenvalue weighted by Crippen LogP contribution is 2.46.